The summed E-state index contributed by atoms with van der Waals surface area (Å²) < 4.78 is 12.8. The van der Waals surface area contributed by atoms with Gasteiger partial charge in [-0.15, -0.1) is 0 Å². The van der Waals surface area contributed by atoms with Crippen LogP contribution in [0.1, 0.15) is 18.1 Å². The van der Waals surface area contributed by atoms with Gasteiger partial charge in [-0.2, -0.15) is 0 Å². The standard InChI is InChI=1S/C19H20FN3O2/c1-13-10-15-4-2-3-5-17(15)23(13)18(24)12-22-19(25)21-11-14-6-8-16(20)9-7-14/h2-9,13H,10-12H2,1H3,(H2,21,22,25). The van der Waals surface area contributed by atoms with Gasteiger partial charge in [0.1, 0.15) is 5.82 Å². The predicted octanol–water partition coefficient (Wildman–Crippen LogP) is 2.60. The second-order valence-electron chi connectivity index (χ2n) is 6.11. The van der Waals surface area contributed by atoms with Crippen molar-refractivity contribution in [2.45, 2.75) is 25.9 Å². The summed E-state index contributed by atoms with van der Waals surface area (Å²) in [4.78, 5) is 26.1. The van der Waals surface area contributed by atoms with Crippen LogP contribution in [0.25, 0.3) is 0 Å². The van der Waals surface area contributed by atoms with Gasteiger partial charge in [0.25, 0.3) is 0 Å². The number of rotatable bonds is 4. The fourth-order valence-corrected chi connectivity index (χ4v) is 3.03. The van der Waals surface area contributed by atoms with Gasteiger partial charge in [0.05, 0.1) is 6.54 Å². The SMILES string of the molecule is CC1Cc2ccccc2N1C(=O)CNC(=O)NCc1ccc(F)cc1. The minimum atomic E-state index is -0.433. The van der Waals surface area contributed by atoms with Crippen molar-refractivity contribution in [2.24, 2.45) is 0 Å². The highest BCUT2D eigenvalue weighted by Gasteiger charge is 2.30. The molecule has 0 bridgehead atoms. The number of nitrogens with zero attached hydrogens (tertiary/aromatic N) is 1. The Kier molecular flexibility index (Phi) is 4.97. The van der Waals surface area contributed by atoms with Crippen LogP contribution in [0.4, 0.5) is 14.9 Å². The van der Waals surface area contributed by atoms with E-state index in [1.807, 2.05) is 31.2 Å². The molecule has 2 aromatic rings. The molecule has 2 aromatic carbocycles. The summed E-state index contributed by atoms with van der Waals surface area (Å²) in [6.45, 7) is 2.18. The van der Waals surface area contributed by atoms with E-state index in [2.05, 4.69) is 10.6 Å². The first-order valence-corrected chi connectivity index (χ1v) is 8.20. The van der Waals surface area contributed by atoms with Crippen LogP contribution >= 0.6 is 0 Å². The van der Waals surface area contributed by atoms with Crippen LogP contribution in [0.2, 0.25) is 0 Å². The van der Waals surface area contributed by atoms with Crippen LogP contribution < -0.4 is 15.5 Å². The lowest BCUT2D eigenvalue weighted by Crippen LogP contribution is -2.45. The van der Waals surface area contributed by atoms with Gasteiger partial charge >= 0.3 is 6.03 Å². The summed E-state index contributed by atoms with van der Waals surface area (Å²) >= 11 is 0. The molecule has 1 aliphatic heterocycles. The summed E-state index contributed by atoms with van der Waals surface area (Å²) in [6.07, 6.45) is 0.818. The lowest BCUT2D eigenvalue weighted by atomic mass is 10.1. The second kappa shape index (κ2) is 7.34. The van der Waals surface area contributed by atoms with Crippen molar-refractivity contribution in [1.82, 2.24) is 10.6 Å². The quantitative estimate of drug-likeness (QED) is 0.898. The van der Waals surface area contributed by atoms with Gasteiger partial charge in [-0.05, 0) is 42.7 Å². The van der Waals surface area contributed by atoms with Crippen molar-refractivity contribution in [3.63, 3.8) is 0 Å². The maximum absolute atomic E-state index is 12.8. The van der Waals surface area contributed by atoms with E-state index in [0.29, 0.717) is 0 Å². The Morgan fingerprint density at radius 3 is 2.60 bits per heavy atom. The number of halogens is 1. The number of urea groups is 1. The van der Waals surface area contributed by atoms with E-state index in [-0.39, 0.29) is 30.9 Å². The predicted molar refractivity (Wildman–Crippen MR) is 93.7 cm³/mol. The highest BCUT2D eigenvalue weighted by Crippen LogP contribution is 2.31. The number of hydrogen-bond donors (Lipinski definition) is 2. The molecule has 130 valence electrons. The van der Waals surface area contributed by atoms with Gasteiger partial charge in [0.2, 0.25) is 5.91 Å². The first-order chi connectivity index (χ1) is 12.0. The molecule has 0 spiro atoms. The molecule has 0 aromatic heterocycles. The van der Waals surface area contributed by atoms with Crippen molar-refractivity contribution < 1.29 is 14.0 Å². The Morgan fingerprint density at radius 2 is 1.84 bits per heavy atom. The van der Waals surface area contributed by atoms with Crippen molar-refractivity contribution >= 4 is 17.6 Å². The molecule has 3 amide bonds. The minimum absolute atomic E-state index is 0.0755. The topological polar surface area (TPSA) is 61.4 Å². The Bertz CT molecular complexity index is 776. The van der Waals surface area contributed by atoms with Crippen molar-refractivity contribution in [2.75, 3.05) is 11.4 Å². The Hall–Kier alpha value is -2.89. The number of amides is 3. The zero-order chi connectivity index (χ0) is 17.8. The first-order valence-electron chi connectivity index (χ1n) is 8.20. The van der Waals surface area contributed by atoms with E-state index < -0.39 is 6.03 Å². The number of benzene rings is 2. The molecule has 0 aliphatic carbocycles. The van der Waals surface area contributed by atoms with E-state index in [0.717, 1.165) is 23.2 Å². The first kappa shape index (κ1) is 17.0. The highest BCUT2D eigenvalue weighted by molar-refractivity contribution is 5.98. The third-order valence-electron chi connectivity index (χ3n) is 4.24. The molecule has 3 rings (SSSR count). The monoisotopic (exact) mass is 341 g/mol. The third-order valence-corrected chi connectivity index (χ3v) is 4.24. The molecular formula is C19H20FN3O2. The molecule has 2 N–H and O–H groups in total. The third kappa shape index (κ3) is 3.96. The molecule has 0 saturated carbocycles. The average molecular weight is 341 g/mol. The van der Waals surface area contributed by atoms with Crippen LogP contribution in [0.15, 0.2) is 48.5 Å². The van der Waals surface area contributed by atoms with E-state index in [4.69, 9.17) is 0 Å². The van der Waals surface area contributed by atoms with Gasteiger partial charge in [-0.25, -0.2) is 9.18 Å². The maximum Gasteiger partial charge on any atom is 0.315 e. The zero-order valence-corrected chi connectivity index (χ0v) is 14.0. The number of para-hydroxylation sites is 1. The number of carbonyl (C=O) groups excluding carboxylic acids is 2. The fourth-order valence-electron chi connectivity index (χ4n) is 3.03. The Morgan fingerprint density at radius 1 is 1.12 bits per heavy atom. The number of carbonyl (C=O) groups is 2. The molecule has 1 aliphatic rings. The van der Waals surface area contributed by atoms with Crippen molar-refractivity contribution in [3.05, 3.63) is 65.5 Å². The van der Waals surface area contributed by atoms with Crippen LogP contribution in [0.3, 0.4) is 0 Å². The fraction of sp³-hybridized carbons (Fsp3) is 0.263. The number of hydrogen-bond acceptors (Lipinski definition) is 2. The molecule has 0 fully saturated rings. The van der Waals surface area contributed by atoms with Gasteiger partial charge in [0.15, 0.2) is 0 Å². The normalized spacial score (nSPS) is 15.6. The highest BCUT2D eigenvalue weighted by atomic mass is 19.1. The molecule has 0 saturated heterocycles. The van der Waals surface area contributed by atoms with Crippen LogP contribution in [-0.4, -0.2) is 24.5 Å². The van der Waals surface area contributed by atoms with Crippen LogP contribution in [0.5, 0.6) is 0 Å². The van der Waals surface area contributed by atoms with Crippen molar-refractivity contribution in [3.8, 4) is 0 Å². The summed E-state index contributed by atoms with van der Waals surface area (Å²) in [5.74, 6) is -0.465. The van der Waals surface area contributed by atoms with Gasteiger partial charge in [-0.3, -0.25) is 4.79 Å². The van der Waals surface area contributed by atoms with E-state index in [9.17, 15) is 14.0 Å². The molecule has 1 heterocycles. The van der Waals surface area contributed by atoms with Gasteiger partial charge < -0.3 is 15.5 Å². The molecule has 1 unspecified atom stereocenters. The largest absolute Gasteiger partial charge is 0.334 e. The van der Waals surface area contributed by atoms with E-state index in [1.54, 1.807) is 17.0 Å². The van der Waals surface area contributed by atoms with E-state index in [1.165, 1.54) is 12.1 Å². The Labute approximate surface area is 145 Å². The lowest BCUT2D eigenvalue weighted by Gasteiger charge is -2.23. The lowest BCUT2D eigenvalue weighted by molar-refractivity contribution is -0.117. The molecule has 25 heavy (non-hydrogen) atoms. The van der Waals surface area contributed by atoms with Crippen LogP contribution in [0, 0.1) is 5.82 Å². The summed E-state index contributed by atoms with van der Waals surface area (Å²) in [5, 5.41) is 5.23. The van der Waals surface area contributed by atoms with E-state index >= 15 is 0 Å². The molecule has 1 atom stereocenters. The summed E-state index contributed by atoms with van der Waals surface area (Å²) in [7, 11) is 0. The van der Waals surface area contributed by atoms with Crippen LogP contribution in [-0.2, 0) is 17.8 Å². The van der Waals surface area contributed by atoms with Gasteiger partial charge in [-0.1, -0.05) is 30.3 Å². The molecule has 6 heteroatoms. The number of anilines is 1. The number of fused-ring (bicyclic) bond motifs is 1. The minimum Gasteiger partial charge on any atom is -0.334 e. The smallest absolute Gasteiger partial charge is 0.315 e. The average Bonchev–Trinajstić information content (AvgIpc) is 2.95. The molecule has 0 radical (unpaired) electrons. The molecular weight excluding hydrogens is 321 g/mol. The van der Waals surface area contributed by atoms with Gasteiger partial charge in [0, 0.05) is 18.3 Å². The molecule has 5 nitrogen and oxygen atoms in total. The maximum atomic E-state index is 12.8. The Balaban J connectivity index is 1.50. The summed E-state index contributed by atoms with van der Waals surface area (Å²) in [6, 6.07) is 13.3. The zero-order valence-electron chi connectivity index (χ0n) is 14.0. The second-order valence-corrected chi connectivity index (χ2v) is 6.11. The van der Waals surface area contributed by atoms with Crippen molar-refractivity contribution in [1.29, 1.82) is 0 Å². The number of nitrogens with one attached hydrogen (secondary N) is 2. The summed E-state index contributed by atoms with van der Waals surface area (Å²) in [5.41, 5.74) is 2.84.